The summed E-state index contributed by atoms with van der Waals surface area (Å²) in [6.07, 6.45) is 0. The van der Waals surface area contributed by atoms with Crippen molar-refractivity contribution in [3.05, 3.63) is 39.6 Å². The second kappa shape index (κ2) is 5.61. The van der Waals surface area contributed by atoms with E-state index in [2.05, 4.69) is 14.9 Å². The summed E-state index contributed by atoms with van der Waals surface area (Å²) < 4.78 is 27.0. The van der Waals surface area contributed by atoms with Crippen molar-refractivity contribution in [2.75, 3.05) is 4.72 Å². The molecule has 1 aromatic carbocycles. The lowest BCUT2D eigenvalue weighted by Gasteiger charge is -2.10. The van der Waals surface area contributed by atoms with Gasteiger partial charge in [-0.1, -0.05) is 29.3 Å². The second-order valence-corrected chi connectivity index (χ2v) is 6.39. The Morgan fingerprint density at radius 2 is 2.10 bits per heavy atom. The fourth-order valence-electron chi connectivity index (χ4n) is 1.71. The molecule has 0 aliphatic rings. The third kappa shape index (κ3) is 2.76. The Hall–Kier alpha value is -1.28. The molecule has 0 atom stereocenters. The van der Waals surface area contributed by atoms with Gasteiger partial charge in [-0.3, -0.25) is 9.82 Å². The monoisotopic (exact) mass is 335 g/mol. The van der Waals surface area contributed by atoms with Crippen LogP contribution in [0.25, 0.3) is 0 Å². The third-order valence-electron chi connectivity index (χ3n) is 2.58. The van der Waals surface area contributed by atoms with Crippen molar-refractivity contribution in [1.82, 2.24) is 10.2 Å². The Morgan fingerprint density at radius 1 is 1.40 bits per heavy atom. The molecule has 0 saturated heterocycles. The fraction of sp³-hybridized carbons (Fsp3) is 0.182. The molecule has 0 aliphatic carbocycles. The number of halogens is 2. The number of nitrogens with zero attached hydrogens (tertiary/aromatic N) is 1. The number of aromatic nitrogens is 2. The number of anilines is 1. The van der Waals surface area contributed by atoms with E-state index in [1.54, 1.807) is 19.1 Å². The van der Waals surface area contributed by atoms with Crippen LogP contribution >= 0.6 is 23.2 Å². The number of H-pyrrole nitrogens is 1. The van der Waals surface area contributed by atoms with Crippen LogP contribution in [-0.4, -0.2) is 23.7 Å². The van der Waals surface area contributed by atoms with Crippen LogP contribution in [0.2, 0.25) is 10.0 Å². The van der Waals surface area contributed by atoms with Crippen LogP contribution in [0, 0.1) is 6.92 Å². The lowest BCUT2D eigenvalue weighted by molar-refractivity contribution is 0.273. The Kier molecular flexibility index (Phi) is 4.24. The maximum atomic E-state index is 12.3. The normalized spacial score (nSPS) is 11.6. The van der Waals surface area contributed by atoms with Gasteiger partial charge in [-0.2, -0.15) is 5.10 Å². The fourth-order valence-corrected chi connectivity index (χ4v) is 3.55. The number of benzene rings is 1. The summed E-state index contributed by atoms with van der Waals surface area (Å²) in [6, 6.07) is 4.60. The second-order valence-electron chi connectivity index (χ2n) is 3.99. The van der Waals surface area contributed by atoms with Crippen molar-refractivity contribution in [1.29, 1.82) is 0 Å². The summed E-state index contributed by atoms with van der Waals surface area (Å²) in [5.74, 6) is 0. The molecule has 0 aliphatic heterocycles. The minimum Gasteiger partial charge on any atom is -0.390 e. The van der Waals surface area contributed by atoms with E-state index in [-0.39, 0.29) is 26.3 Å². The highest BCUT2D eigenvalue weighted by Gasteiger charge is 2.25. The Labute approximate surface area is 125 Å². The summed E-state index contributed by atoms with van der Waals surface area (Å²) in [4.78, 5) is -0.101. The van der Waals surface area contributed by atoms with Crippen LogP contribution in [0.4, 0.5) is 5.69 Å². The predicted molar refractivity (Wildman–Crippen MR) is 76.5 cm³/mol. The molecule has 6 nitrogen and oxygen atoms in total. The molecule has 0 radical (unpaired) electrons. The molecular formula is C11H11Cl2N3O3S. The standard InChI is InChI=1S/C11H11Cl2N3O3S/c1-6-11(9(5-17)15-14-6)20(18,19)16-8-4-2-3-7(12)10(8)13/h2-4,16-17H,5H2,1H3,(H,14,15). The van der Waals surface area contributed by atoms with Gasteiger partial charge in [0.05, 0.1) is 28.0 Å². The van der Waals surface area contributed by atoms with Gasteiger partial charge < -0.3 is 5.11 Å². The van der Waals surface area contributed by atoms with Crippen molar-refractivity contribution in [2.24, 2.45) is 0 Å². The van der Waals surface area contributed by atoms with E-state index in [9.17, 15) is 8.42 Å². The maximum Gasteiger partial charge on any atom is 0.265 e. The van der Waals surface area contributed by atoms with Gasteiger partial charge in [0.1, 0.15) is 10.6 Å². The molecule has 3 N–H and O–H groups in total. The van der Waals surface area contributed by atoms with Gasteiger partial charge in [0.25, 0.3) is 10.0 Å². The summed E-state index contributed by atoms with van der Waals surface area (Å²) in [5, 5.41) is 15.7. The van der Waals surface area contributed by atoms with Gasteiger partial charge in [0.15, 0.2) is 0 Å². The van der Waals surface area contributed by atoms with Crippen LogP contribution in [0.1, 0.15) is 11.4 Å². The number of rotatable bonds is 4. The molecule has 2 rings (SSSR count). The zero-order valence-corrected chi connectivity index (χ0v) is 12.6. The molecule has 108 valence electrons. The van der Waals surface area contributed by atoms with E-state index in [4.69, 9.17) is 28.3 Å². The summed E-state index contributed by atoms with van der Waals surface area (Å²) >= 11 is 11.8. The Morgan fingerprint density at radius 3 is 2.75 bits per heavy atom. The molecule has 1 aromatic heterocycles. The number of aliphatic hydroxyl groups excluding tert-OH is 1. The molecule has 0 fully saturated rings. The molecule has 20 heavy (non-hydrogen) atoms. The molecule has 0 bridgehead atoms. The van der Waals surface area contributed by atoms with Crippen LogP contribution in [-0.2, 0) is 16.6 Å². The minimum absolute atomic E-state index is 0.0353. The molecule has 0 unspecified atom stereocenters. The van der Waals surface area contributed by atoms with Crippen molar-refractivity contribution >= 4 is 38.9 Å². The molecule has 9 heteroatoms. The van der Waals surface area contributed by atoms with Gasteiger partial charge in [-0.25, -0.2) is 8.42 Å². The molecule has 2 aromatic rings. The minimum atomic E-state index is -3.93. The lowest BCUT2D eigenvalue weighted by Crippen LogP contribution is -2.15. The number of sulfonamides is 1. The highest BCUT2D eigenvalue weighted by Crippen LogP contribution is 2.31. The van der Waals surface area contributed by atoms with E-state index in [0.29, 0.717) is 5.69 Å². The average molecular weight is 336 g/mol. The Bertz CT molecular complexity index is 743. The zero-order chi connectivity index (χ0) is 14.9. The lowest BCUT2D eigenvalue weighted by atomic mass is 10.3. The van der Waals surface area contributed by atoms with E-state index in [1.807, 2.05) is 0 Å². The highest BCUT2D eigenvalue weighted by molar-refractivity contribution is 7.92. The van der Waals surface area contributed by atoms with Crippen molar-refractivity contribution in [3.8, 4) is 0 Å². The molecule has 1 heterocycles. The van der Waals surface area contributed by atoms with E-state index >= 15 is 0 Å². The topological polar surface area (TPSA) is 95.1 Å². The van der Waals surface area contributed by atoms with Crippen molar-refractivity contribution in [2.45, 2.75) is 18.4 Å². The average Bonchev–Trinajstić information content (AvgIpc) is 2.77. The first-order valence-electron chi connectivity index (χ1n) is 5.48. The first kappa shape index (κ1) is 15.1. The van der Waals surface area contributed by atoms with Crippen molar-refractivity contribution in [3.63, 3.8) is 0 Å². The van der Waals surface area contributed by atoms with E-state index < -0.39 is 16.6 Å². The number of hydrogen-bond donors (Lipinski definition) is 3. The first-order chi connectivity index (χ1) is 9.36. The smallest absolute Gasteiger partial charge is 0.265 e. The van der Waals surface area contributed by atoms with Gasteiger partial charge >= 0.3 is 0 Å². The quantitative estimate of drug-likeness (QED) is 0.798. The van der Waals surface area contributed by atoms with Gasteiger partial charge in [0.2, 0.25) is 0 Å². The third-order valence-corrected chi connectivity index (χ3v) is 4.96. The molecular weight excluding hydrogens is 325 g/mol. The summed E-state index contributed by atoms with van der Waals surface area (Å²) in [6.45, 7) is 1.05. The number of aryl methyl sites for hydroxylation is 1. The van der Waals surface area contributed by atoms with Crippen LogP contribution in [0.3, 0.4) is 0 Å². The largest absolute Gasteiger partial charge is 0.390 e. The molecule has 0 saturated carbocycles. The van der Waals surface area contributed by atoms with E-state index in [0.717, 1.165) is 0 Å². The summed E-state index contributed by atoms with van der Waals surface area (Å²) in [5.41, 5.74) is 0.511. The van der Waals surface area contributed by atoms with Crippen molar-refractivity contribution < 1.29 is 13.5 Å². The Balaban J connectivity index is 2.46. The number of nitrogens with one attached hydrogen (secondary N) is 2. The van der Waals surface area contributed by atoms with E-state index in [1.165, 1.54) is 6.07 Å². The van der Waals surface area contributed by atoms with Crippen LogP contribution in [0.5, 0.6) is 0 Å². The van der Waals surface area contributed by atoms with Crippen LogP contribution in [0.15, 0.2) is 23.1 Å². The summed E-state index contributed by atoms with van der Waals surface area (Å²) in [7, 11) is -3.93. The molecule has 0 spiro atoms. The first-order valence-corrected chi connectivity index (χ1v) is 7.72. The van der Waals surface area contributed by atoms with Gasteiger partial charge in [-0.15, -0.1) is 0 Å². The van der Waals surface area contributed by atoms with Gasteiger partial charge in [0, 0.05) is 0 Å². The van der Waals surface area contributed by atoms with Crippen LogP contribution < -0.4 is 4.72 Å². The zero-order valence-electron chi connectivity index (χ0n) is 10.3. The number of hydrogen-bond acceptors (Lipinski definition) is 4. The highest BCUT2D eigenvalue weighted by atomic mass is 35.5. The predicted octanol–water partition coefficient (Wildman–Crippen LogP) is 2.32. The van der Waals surface area contributed by atoms with Gasteiger partial charge in [-0.05, 0) is 19.1 Å². The number of aliphatic hydroxyl groups is 1. The SMILES string of the molecule is Cc1[nH]nc(CO)c1S(=O)(=O)Nc1cccc(Cl)c1Cl. The number of aromatic amines is 1. The molecule has 0 amide bonds. The maximum absolute atomic E-state index is 12.3.